The molecule has 12 heteroatoms. The summed E-state index contributed by atoms with van der Waals surface area (Å²) in [5, 5.41) is 18.2. The normalized spacial score (nSPS) is 12.5. The quantitative estimate of drug-likeness (QED) is 0.139. The van der Waals surface area contributed by atoms with E-state index in [-0.39, 0.29) is 21.8 Å². The summed E-state index contributed by atoms with van der Waals surface area (Å²) in [5.74, 6) is -1.90. The van der Waals surface area contributed by atoms with Gasteiger partial charge in [-0.25, -0.2) is 4.79 Å². The van der Waals surface area contributed by atoms with Crippen LogP contribution in [0, 0.1) is 10.1 Å². The molecule has 2 aromatic carbocycles. The van der Waals surface area contributed by atoms with Crippen LogP contribution in [0.25, 0.3) is 0 Å². The number of nitro groups is 1. The Morgan fingerprint density at radius 2 is 1.82 bits per heavy atom. The SMILES string of the molecule is COC(=O)C(N=Nc1ccc(S(=O)(=O)O)cc1)C(=O)c1cccc([N+](=O)[O-])c1. The number of Topliss-reactive ketones (excluding diaryl/α,β-unsaturated/α-hetero) is 1. The van der Waals surface area contributed by atoms with E-state index in [0.29, 0.717) is 0 Å². The molecule has 0 aliphatic heterocycles. The number of azo groups is 1. The van der Waals surface area contributed by atoms with Gasteiger partial charge in [0.05, 0.1) is 22.6 Å². The van der Waals surface area contributed by atoms with E-state index >= 15 is 0 Å². The van der Waals surface area contributed by atoms with Gasteiger partial charge in [0, 0.05) is 17.7 Å². The average molecular weight is 407 g/mol. The lowest BCUT2D eigenvalue weighted by atomic mass is 10.0. The molecule has 0 amide bonds. The number of carbonyl (C=O) groups is 2. The number of nitrogens with zero attached hydrogens (tertiary/aromatic N) is 3. The summed E-state index contributed by atoms with van der Waals surface area (Å²) in [5.41, 5.74) is -0.384. The molecule has 11 nitrogen and oxygen atoms in total. The molecular formula is C16H13N3O8S. The maximum atomic E-state index is 12.5. The molecule has 28 heavy (non-hydrogen) atoms. The van der Waals surface area contributed by atoms with Crippen LogP contribution in [0.3, 0.4) is 0 Å². The zero-order valence-corrected chi connectivity index (χ0v) is 15.1. The van der Waals surface area contributed by atoms with Crippen LogP contribution >= 0.6 is 0 Å². The summed E-state index contributed by atoms with van der Waals surface area (Å²) in [4.78, 5) is 34.2. The minimum Gasteiger partial charge on any atom is -0.467 e. The Bertz CT molecular complexity index is 1050. The molecule has 0 spiro atoms. The molecule has 0 radical (unpaired) electrons. The minimum atomic E-state index is -4.38. The second-order valence-corrected chi connectivity index (χ2v) is 6.70. The fraction of sp³-hybridized carbons (Fsp3) is 0.125. The summed E-state index contributed by atoms with van der Waals surface area (Å²) in [6.45, 7) is 0. The van der Waals surface area contributed by atoms with Crippen molar-refractivity contribution in [3.8, 4) is 0 Å². The molecule has 1 N–H and O–H groups in total. The van der Waals surface area contributed by atoms with Gasteiger partial charge in [-0.1, -0.05) is 12.1 Å². The Labute approximate surface area is 158 Å². The van der Waals surface area contributed by atoms with Crippen molar-refractivity contribution in [1.29, 1.82) is 0 Å². The van der Waals surface area contributed by atoms with E-state index in [4.69, 9.17) is 4.55 Å². The van der Waals surface area contributed by atoms with Crippen molar-refractivity contribution in [3.63, 3.8) is 0 Å². The standard InChI is InChI=1S/C16H13N3O8S/c1-27-16(21)14(15(20)10-3-2-4-12(9-10)19(22)23)18-17-11-5-7-13(8-6-11)28(24,25)26/h2-9,14H,1H3,(H,24,25,26). The van der Waals surface area contributed by atoms with Gasteiger partial charge >= 0.3 is 5.97 Å². The van der Waals surface area contributed by atoms with Gasteiger partial charge in [-0.2, -0.15) is 18.6 Å². The van der Waals surface area contributed by atoms with Crippen molar-refractivity contribution in [1.82, 2.24) is 0 Å². The van der Waals surface area contributed by atoms with Crippen molar-refractivity contribution >= 4 is 33.2 Å². The maximum absolute atomic E-state index is 12.5. The highest BCUT2D eigenvalue weighted by molar-refractivity contribution is 7.85. The average Bonchev–Trinajstić information content (AvgIpc) is 2.67. The Balaban J connectivity index is 2.32. The highest BCUT2D eigenvalue weighted by Gasteiger charge is 2.29. The van der Waals surface area contributed by atoms with Gasteiger partial charge < -0.3 is 4.74 Å². The third kappa shape index (κ3) is 5.02. The fourth-order valence-electron chi connectivity index (χ4n) is 2.06. The summed E-state index contributed by atoms with van der Waals surface area (Å²) in [6.07, 6.45) is 0. The first-order valence-electron chi connectivity index (χ1n) is 7.48. The molecule has 2 rings (SSSR count). The molecule has 0 saturated carbocycles. The molecule has 146 valence electrons. The van der Waals surface area contributed by atoms with Gasteiger partial charge in [-0.3, -0.25) is 19.5 Å². The molecule has 0 heterocycles. The Hall–Kier alpha value is -3.51. The van der Waals surface area contributed by atoms with Crippen molar-refractivity contribution in [2.24, 2.45) is 10.2 Å². The minimum absolute atomic E-state index is 0.0909. The number of esters is 1. The highest BCUT2D eigenvalue weighted by Crippen LogP contribution is 2.20. The van der Waals surface area contributed by atoms with Crippen LogP contribution in [0.15, 0.2) is 63.7 Å². The van der Waals surface area contributed by atoms with E-state index in [1.54, 1.807) is 0 Å². The lowest BCUT2D eigenvalue weighted by molar-refractivity contribution is -0.384. The topological polar surface area (TPSA) is 166 Å². The van der Waals surface area contributed by atoms with Gasteiger partial charge in [-0.15, -0.1) is 0 Å². The van der Waals surface area contributed by atoms with Crippen molar-refractivity contribution < 1.29 is 32.2 Å². The Morgan fingerprint density at radius 3 is 2.36 bits per heavy atom. The van der Waals surface area contributed by atoms with E-state index in [1.807, 2.05) is 0 Å². The Morgan fingerprint density at radius 1 is 1.18 bits per heavy atom. The zero-order valence-electron chi connectivity index (χ0n) is 14.3. The van der Waals surface area contributed by atoms with Crippen molar-refractivity contribution in [3.05, 3.63) is 64.2 Å². The van der Waals surface area contributed by atoms with Crippen LogP contribution < -0.4 is 0 Å². The number of hydrogen-bond acceptors (Lipinski definition) is 9. The summed E-state index contributed by atoms with van der Waals surface area (Å²) in [6, 6.07) is 7.52. The number of benzene rings is 2. The van der Waals surface area contributed by atoms with Crippen molar-refractivity contribution in [2.75, 3.05) is 7.11 Å². The number of hydrogen-bond donors (Lipinski definition) is 1. The third-order valence-electron chi connectivity index (χ3n) is 3.44. The molecular weight excluding hydrogens is 394 g/mol. The second kappa shape index (κ2) is 8.45. The van der Waals surface area contributed by atoms with Crippen LogP contribution in [-0.4, -0.2) is 42.8 Å². The lowest BCUT2D eigenvalue weighted by Crippen LogP contribution is -2.29. The zero-order chi connectivity index (χ0) is 20.9. The van der Waals surface area contributed by atoms with Gasteiger partial charge in [0.15, 0.2) is 0 Å². The number of ketones is 1. The third-order valence-corrected chi connectivity index (χ3v) is 4.31. The van der Waals surface area contributed by atoms with E-state index in [1.165, 1.54) is 30.3 Å². The van der Waals surface area contributed by atoms with E-state index in [2.05, 4.69) is 15.0 Å². The van der Waals surface area contributed by atoms with Gasteiger partial charge in [0.1, 0.15) is 0 Å². The first-order chi connectivity index (χ1) is 13.1. The van der Waals surface area contributed by atoms with E-state index in [9.17, 15) is 28.1 Å². The monoisotopic (exact) mass is 407 g/mol. The van der Waals surface area contributed by atoms with E-state index < -0.39 is 32.8 Å². The number of rotatable bonds is 7. The first kappa shape index (κ1) is 20.8. The molecule has 1 atom stereocenters. The number of methoxy groups -OCH3 is 1. The molecule has 0 saturated heterocycles. The van der Waals surface area contributed by atoms with Gasteiger partial charge in [-0.05, 0) is 24.3 Å². The number of carbonyl (C=O) groups excluding carboxylic acids is 2. The van der Waals surface area contributed by atoms with Crippen LogP contribution in [0.5, 0.6) is 0 Å². The van der Waals surface area contributed by atoms with E-state index in [0.717, 1.165) is 25.3 Å². The Kier molecular flexibility index (Phi) is 6.28. The molecule has 0 bridgehead atoms. The number of non-ortho nitro benzene ring substituents is 1. The molecule has 0 aliphatic carbocycles. The summed E-state index contributed by atoms with van der Waals surface area (Å²) < 4.78 is 35.5. The summed E-state index contributed by atoms with van der Waals surface area (Å²) in [7, 11) is -3.35. The van der Waals surface area contributed by atoms with Crippen LogP contribution in [0.4, 0.5) is 11.4 Å². The molecule has 0 aromatic heterocycles. The second-order valence-electron chi connectivity index (χ2n) is 5.28. The molecule has 2 aromatic rings. The lowest BCUT2D eigenvalue weighted by Gasteiger charge is -2.08. The van der Waals surface area contributed by atoms with Gasteiger partial charge in [0.2, 0.25) is 11.8 Å². The molecule has 0 aliphatic rings. The predicted molar refractivity (Wildman–Crippen MR) is 94.0 cm³/mol. The molecule has 0 fully saturated rings. The van der Waals surface area contributed by atoms with Gasteiger partial charge in [0.25, 0.3) is 15.8 Å². The van der Waals surface area contributed by atoms with Crippen LogP contribution in [0.2, 0.25) is 0 Å². The number of nitro benzene ring substituents is 1. The number of ether oxygens (including phenoxy) is 1. The maximum Gasteiger partial charge on any atom is 0.340 e. The summed E-state index contributed by atoms with van der Waals surface area (Å²) >= 11 is 0. The first-order valence-corrected chi connectivity index (χ1v) is 8.92. The highest BCUT2D eigenvalue weighted by atomic mass is 32.2. The van der Waals surface area contributed by atoms with Crippen LogP contribution in [0.1, 0.15) is 10.4 Å². The predicted octanol–water partition coefficient (Wildman–Crippen LogP) is 2.35. The molecule has 1 unspecified atom stereocenters. The fourth-order valence-corrected chi connectivity index (χ4v) is 2.54. The smallest absolute Gasteiger partial charge is 0.340 e. The van der Waals surface area contributed by atoms with Crippen molar-refractivity contribution in [2.45, 2.75) is 10.9 Å². The van der Waals surface area contributed by atoms with Crippen LogP contribution in [-0.2, 0) is 19.6 Å². The largest absolute Gasteiger partial charge is 0.467 e.